The molecule has 0 saturated carbocycles. The number of hydrogen-bond donors (Lipinski definition) is 6. The molecule has 4 aromatic rings. The number of nitrogens with zero attached hydrogens (tertiary/aromatic N) is 3. The first-order valence-electron chi connectivity index (χ1n) is 19.6. The van der Waals surface area contributed by atoms with Crippen LogP contribution < -0.4 is 14.2 Å². The van der Waals surface area contributed by atoms with Gasteiger partial charge in [0.05, 0.1) is 54.8 Å². The first-order chi connectivity index (χ1) is 27.4. The van der Waals surface area contributed by atoms with Gasteiger partial charge in [-0.2, -0.15) is 0 Å². The Bertz CT molecular complexity index is 1630. The lowest BCUT2D eigenvalue weighted by Gasteiger charge is -2.20. The zero-order valence-corrected chi connectivity index (χ0v) is 33.5. The number of aromatic nitrogens is 3. The summed E-state index contributed by atoms with van der Waals surface area (Å²) < 4.78 is 34.9. The standard InChI is InChI=1S/C42H57N3O12/c1-7-25(46)22-52-37(10-4)55-28-13-16-31(34(49)19-28)40-43-41(32-17-14-29(20-35(32)50)56-38(11-5)53-23-26(47)8-2)45-42(44-40)33-18-15-30(21-36(33)51)57-39(12-6)54-24-27(48)9-3/h13-21,25-27,37-39,46-51H,7-12,22-24H2,1-6H3. The van der Waals surface area contributed by atoms with Crippen molar-refractivity contribution >= 4 is 0 Å². The maximum Gasteiger partial charge on any atom is 0.199 e. The maximum atomic E-state index is 11.2. The topological polar surface area (TPSA) is 215 Å². The Morgan fingerprint density at radius 3 is 0.895 bits per heavy atom. The number of benzene rings is 3. The monoisotopic (exact) mass is 795 g/mol. The molecule has 0 spiro atoms. The molecule has 0 saturated heterocycles. The highest BCUT2D eigenvalue weighted by Gasteiger charge is 2.22. The molecule has 6 N–H and O–H groups in total. The second-order valence-electron chi connectivity index (χ2n) is 13.4. The summed E-state index contributed by atoms with van der Waals surface area (Å²) in [5.41, 5.74) is 0.614. The fourth-order valence-electron chi connectivity index (χ4n) is 5.23. The van der Waals surface area contributed by atoms with Crippen LogP contribution in [0.25, 0.3) is 34.2 Å². The summed E-state index contributed by atoms with van der Waals surface area (Å²) in [6.07, 6.45) is -0.815. The third kappa shape index (κ3) is 13.1. The van der Waals surface area contributed by atoms with E-state index in [1.807, 2.05) is 41.5 Å². The lowest BCUT2D eigenvalue weighted by atomic mass is 10.1. The van der Waals surface area contributed by atoms with E-state index in [9.17, 15) is 30.6 Å². The van der Waals surface area contributed by atoms with Gasteiger partial charge in [0.25, 0.3) is 0 Å². The predicted molar refractivity (Wildman–Crippen MR) is 212 cm³/mol. The van der Waals surface area contributed by atoms with E-state index in [0.29, 0.717) is 55.8 Å². The number of rotatable bonds is 24. The Hall–Kier alpha value is -4.77. The van der Waals surface area contributed by atoms with Crippen molar-refractivity contribution in [3.05, 3.63) is 54.6 Å². The van der Waals surface area contributed by atoms with Crippen molar-refractivity contribution in [3.8, 4) is 68.7 Å². The van der Waals surface area contributed by atoms with Crippen molar-refractivity contribution in [2.24, 2.45) is 0 Å². The van der Waals surface area contributed by atoms with Gasteiger partial charge >= 0.3 is 0 Å². The third-order valence-corrected chi connectivity index (χ3v) is 8.91. The predicted octanol–water partition coefficient (Wildman–Crippen LogP) is 6.70. The van der Waals surface area contributed by atoms with E-state index in [-0.39, 0.29) is 71.2 Å². The SMILES string of the molecule is CCC(O)COC(CC)Oc1ccc(-c2nc(-c3ccc(OC(CC)OCC(O)CC)cc3O)nc(-c3ccc(OC(CC)OCC(O)CC)cc3O)n2)c(O)c1. The quantitative estimate of drug-likeness (QED) is 0.0407. The lowest BCUT2D eigenvalue weighted by Crippen LogP contribution is -2.25. The third-order valence-electron chi connectivity index (χ3n) is 8.91. The second kappa shape index (κ2) is 22.2. The van der Waals surface area contributed by atoms with Crippen LogP contribution in [0.5, 0.6) is 34.5 Å². The molecule has 312 valence electrons. The Morgan fingerprint density at radius 1 is 0.421 bits per heavy atom. The number of aliphatic hydroxyl groups is 3. The van der Waals surface area contributed by atoms with E-state index in [0.717, 1.165) is 0 Å². The Kier molecular flexibility index (Phi) is 17.5. The zero-order chi connectivity index (χ0) is 41.5. The van der Waals surface area contributed by atoms with Gasteiger partial charge in [0, 0.05) is 37.5 Å². The van der Waals surface area contributed by atoms with Crippen molar-refractivity contribution < 1.29 is 59.1 Å². The molecule has 1 heterocycles. The Labute approximate surface area is 333 Å². The van der Waals surface area contributed by atoms with Crippen molar-refractivity contribution in [2.75, 3.05) is 19.8 Å². The smallest absolute Gasteiger partial charge is 0.199 e. The highest BCUT2D eigenvalue weighted by Crippen LogP contribution is 2.38. The van der Waals surface area contributed by atoms with Crippen molar-refractivity contribution in [1.29, 1.82) is 0 Å². The van der Waals surface area contributed by atoms with Gasteiger partial charge in [-0.15, -0.1) is 0 Å². The van der Waals surface area contributed by atoms with Gasteiger partial charge in [0.15, 0.2) is 36.3 Å². The van der Waals surface area contributed by atoms with Crippen LogP contribution in [0.4, 0.5) is 0 Å². The average Bonchev–Trinajstić information content (AvgIpc) is 3.21. The molecule has 0 aliphatic rings. The summed E-state index contributed by atoms with van der Waals surface area (Å²) in [6, 6.07) is 13.7. The van der Waals surface area contributed by atoms with Gasteiger partial charge in [-0.25, -0.2) is 15.0 Å². The van der Waals surface area contributed by atoms with Crippen LogP contribution in [-0.4, -0.2) is 103 Å². The highest BCUT2D eigenvalue weighted by atomic mass is 16.7. The fraction of sp³-hybridized carbons (Fsp3) is 0.500. The molecule has 15 heteroatoms. The summed E-state index contributed by atoms with van der Waals surface area (Å²) in [5.74, 6) is 0.321. The minimum Gasteiger partial charge on any atom is -0.507 e. The number of phenolic OH excluding ortho intramolecular Hbond substituents is 3. The normalized spacial score (nSPS) is 14.7. The van der Waals surface area contributed by atoms with E-state index < -0.39 is 37.2 Å². The molecule has 0 amide bonds. The Morgan fingerprint density at radius 2 is 0.684 bits per heavy atom. The number of hydrogen-bond acceptors (Lipinski definition) is 15. The van der Waals surface area contributed by atoms with Crippen molar-refractivity contribution in [2.45, 2.75) is 117 Å². The summed E-state index contributed by atoms with van der Waals surface area (Å²) >= 11 is 0. The lowest BCUT2D eigenvalue weighted by molar-refractivity contribution is -0.106. The molecule has 6 atom stereocenters. The van der Waals surface area contributed by atoms with Gasteiger partial charge in [-0.3, -0.25) is 0 Å². The molecule has 6 unspecified atom stereocenters. The average molecular weight is 796 g/mol. The number of phenols is 3. The highest BCUT2D eigenvalue weighted by molar-refractivity contribution is 5.74. The molecule has 0 fully saturated rings. The zero-order valence-electron chi connectivity index (χ0n) is 33.5. The molecule has 0 radical (unpaired) electrons. The molecule has 57 heavy (non-hydrogen) atoms. The maximum absolute atomic E-state index is 11.2. The van der Waals surface area contributed by atoms with Crippen LogP contribution in [0.3, 0.4) is 0 Å². The van der Waals surface area contributed by atoms with Crippen LogP contribution in [-0.2, 0) is 14.2 Å². The van der Waals surface area contributed by atoms with Crippen LogP contribution >= 0.6 is 0 Å². The van der Waals surface area contributed by atoms with Crippen LogP contribution in [0.1, 0.15) is 80.1 Å². The van der Waals surface area contributed by atoms with Gasteiger partial charge in [-0.1, -0.05) is 41.5 Å². The molecular formula is C42H57N3O12. The molecular weight excluding hydrogens is 738 g/mol. The number of aromatic hydroxyl groups is 3. The fourth-order valence-corrected chi connectivity index (χ4v) is 5.23. The molecule has 3 aromatic carbocycles. The van der Waals surface area contributed by atoms with Crippen LogP contribution in [0.15, 0.2) is 54.6 Å². The largest absolute Gasteiger partial charge is 0.507 e. The second-order valence-corrected chi connectivity index (χ2v) is 13.4. The van der Waals surface area contributed by atoms with Gasteiger partial charge in [0.1, 0.15) is 34.5 Å². The molecule has 0 bridgehead atoms. The van der Waals surface area contributed by atoms with Crippen LogP contribution in [0.2, 0.25) is 0 Å². The van der Waals surface area contributed by atoms with Crippen molar-refractivity contribution in [1.82, 2.24) is 15.0 Å². The number of ether oxygens (including phenoxy) is 6. The molecule has 15 nitrogen and oxygen atoms in total. The van der Waals surface area contributed by atoms with Crippen molar-refractivity contribution in [3.63, 3.8) is 0 Å². The molecule has 0 aliphatic heterocycles. The summed E-state index contributed by atoms with van der Waals surface area (Å²) in [7, 11) is 0. The molecule has 4 rings (SSSR count). The van der Waals surface area contributed by atoms with Gasteiger partial charge < -0.3 is 59.1 Å². The van der Waals surface area contributed by atoms with E-state index >= 15 is 0 Å². The van der Waals surface area contributed by atoms with Crippen LogP contribution in [0, 0.1) is 0 Å². The van der Waals surface area contributed by atoms with Gasteiger partial charge in [-0.05, 0) is 55.7 Å². The summed E-state index contributed by atoms with van der Waals surface area (Å²) in [6.45, 7) is 11.5. The number of aliphatic hydroxyl groups excluding tert-OH is 3. The minimum absolute atomic E-state index is 0.0238. The van der Waals surface area contributed by atoms with E-state index in [1.54, 1.807) is 36.4 Å². The van der Waals surface area contributed by atoms with E-state index in [1.165, 1.54) is 18.2 Å². The van der Waals surface area contributed by atoms with E-state index in [4.69, 9.17) is 28.4 Å². The van der Waals surface area contributed by atoms with Gasteiger partial charge in [0.2, 0.25) is 0 Å². The minimum atomic E-state index is -0.666. The first-order valence-corrected chi connectivity index (χ1v) is 19.6. The Balaban J connectivity index is 1.71. The molecule has 1 aromatic heterocycles. The van der Waals surface area contributed by atoms with E-state index in [2.05, 4.69) is 15.0 Å². The first kappa shape index (κ1) is 44.9. The molecule has 0 aliphatic carbocycles. The summed E-state index contributed by atoms with van der Waals surface area (Å²) in [5, 5.41) is 63.5. The summed E-state index contributed by atoms with van der Waals surface area (Å²) in [4.78, 5) is 13.9.